The van der Waals surface area contributed by atoms with Crippen LogP contribution in [0.4, 0.5) is 0 Å². The van der Waals surface area contributed by atoms with E-state index < -0.39 is 5.97 Å². The first-order valence-corrected chi connectivity index (χ1v) is 7.20. The van der Waals surface area contributed by atoms with Gasteiger partial charge in [0.25, 0.3) is 5.56 Å². The predicted octanol–water partition coefficient (Wildman–Crippen LogP) is 3.08. The second kappa shape index (κ2) is 6.34. The van der Waals surface area contributed by atoms with Crippen LogP contribution in [-0.4, -0.2) is 15.6 Å². The lowest BCUT2D eigenvalue weighted by Gasteiger charge is -2.11. The zero-order valence-corrected chi connectivity index (χ0v) is 11.9. The Balaban J connectivity index is 2.54. The van der Waals surface area contributed by atoms with Crippen LogP contribution in [0.15, 0.2) is 40.5 Å². The molecule has 0 amide bonds. The Labute approximate surface area is 120 Å². The van der Waals surface area contributed by atoms with E-state index in [1.807, 2.05) is 30.5 Å². The lowest BCUT2D eigenvalue weighted by atomic mass is 10.2. The molecule has 2 heterocycles. The summed E-state index contributed by atoms with van der Waals surface area (Å²) in [5, 5.41) is 10.6. The van der Waals surface area contributed by atoms with Gasteiger partial charge in [-0.1, -0.05) is 13.0 Å². The first-order chi connectivity index (χ1) is 9.63. The van der Waals surface area contributed by atoms with Crippen LogP contribution < -0.4 is 5.56 Å². The first kappa shape index (κ1) is 14.3. The SMILES string of the molecule is CCCn1c(-c2cccs2)ccc(/C=C/C(=O)O)c1=O. The highest BCUT2D eigenvalue weighted by Crippen LogP contribution is 2.24. The van der Waals surface area contributed by atoms with E-state index in [1.54, 1.807) is 22.0 Å². The Morgan fingerprint density at radius 1 is 1.40 bits per heavy atom. The number of hydrogen-bond acceptors (Lipinski definition) is 3. The number of aliphatic carboxylic acids is 1. The molecule has 1 N–H and O–H groups in total. The van der Waals surface area contributed by atoms with Crippen molar-refractivity contribution in [3.8, 4) is 10.6 Å². The molecule has 0 aliphatic heterocycles. The first-order valence-electron chi connectivity index (χ1n) is 6.32. The van der Waals surface area contributed by atoms with Crippen molar-refractivity contribution >= 4 is 23.4 Å². The summed E-state index contributed by atoms with van der Waals surface area (Å²) in [7, 11) is 0. The van der Waals surface area contributed by atoms with Crippen molar-refractivity contribution in [1.82, 2.24) is 4.57 Å². The van der Waals surface area contributed by atoms with E-state index in [0.717, 1.165) is 23.1 Å². The minimum atomic E-state index is -1.06. The molecule has 0 bridgehead atoms. The van der Waals surface area contributed by atoms with E-state index in [0.29, 0.717) is 12.1 Å². The normalized spacial score (nSPS) is 11.1. The number of nitrogens with zero attached hydrogens (tertiary/aromatic N) is 1. The molecule has 0 saturated heterocycles. The fraction of sp³-hybridized carbons (Fsp3) is 0.200. The number of carboxylic acid groups (broad SMARTS) is 1. The van der Waals surface area contributed by atoms with Crippen molar-refractivity contribution in [2.24, 2.45) is 0 Å². The molecular formula is C15H15NO3S. The lowest BCUT2D eigenvalue weighted by molar-refractivity contribution is -0.131. The van der Waals surface area contributed by atoms with Gasteiger partial charge in [-0.15, -0.1) is 11.3 Å². The molecule has 0 saturated carbocycles. The molecule has 4 nitrogen and oxygen atoms in total. The average Bonchev–Trinajstić information content (AvgIpc) is 2.93. The van der Waals surface area contributed by atoms with Crippen molar-refractivity contribution in [2.75, 3.05) is 0 Å². The monoisotopic (exact) mass is 289 g/mol. The molecule has 104 valence electrons. The molecule has 0 spiro atoms. The average molecular weight is 289 g/mol. The van der Waals surface area contributed by atoms with Crippen LogP contribution in [-0.2, 0) is 11.3 Å². The zero-order valence-electron chi connectivity index (χ0n) is 11.1. The van der Waals surface area contributed by atoms with Gasteiger partial charge in [-0.2, -0.15) is 0 Å². The molecule has 0 aliphatic rings. The van der Waals surface area contributed by atoms with E-state index in [2.05, 4.69) is 0 Å². The van der Waals surface area contributed by atoms with Gasteiger partial charge >= 0.3 is 5.97 Å². The number of rotatable bonds is 5. The third-order valence-electron chi connectivity index (χ3n) is 2.83. The molecule has 0 aromatic carbocycles. The molecule has 5 heteroatoms. The highest BCUT2D eigenvalue weighted by atomic mass is 32.1. The number of thiophene rings is 1. The fourth-order valence-electron chi connectivity index (χ4n) is 1.97. The third kappa shape index (κ3) is 3.05. The van der Waals surface area contributed by atoms with Gasteiger partial charge in [0.1, 0.15) is 0 Å². The number of carbonyl (C=O) groups is 1. The highest BCUT2D eigenvalue weighted by molar-refractivity contribution is 7.13. The minimum absolute atomic E-state index is 0.157. The smallest absolute Gasteiger partial charge is 0.328 e. The summed E-state index contributed by atoms with van der Waals surface area (Å²) in [4.78, 5) is 24.0. The van der Waals surface area contributed by atoms with Gasteiger partial charge in [0.15, 0.2) is 0 Å². The predicted molar refractivity (Wildman–Crippen MR) is 81.0 cm³/mol. The maximum Gasteiger partial charge on any atom is 0.328 e. The molecule has 2 rings (SSSR count). The number of aromatic nitrogens is 1. The topological polar surface area (TPSA) is 59.3 Å². The highest BCUT2D eigenvalue weighted by Gasteiger charge is 2.09. The summed E-state index contributed by atoms with van der Waals surface area (Å²) >= 11 is 1.58. The summed E-state index contributed by atoms with van der Waals surface area (Å²) in [6, 6.07) is 7.45. The molecule has 0 radical (unpaired) electrons. The molecule has 20 heavy (non-hydrogen) atoms. The van der Waals surface area contributed by atoms with Gasteiger partial charge in [-0.3, -0.25) is 4.79 Å². The minimum Gasteiger partial charge on any atom is -0.478 e. The second-order valence-electron chi connectivity index (χ2n) is 4.28. The van der Waals surface area contributed by atoms with E-state index in [4.69, 9.17) is 5.11 Å². The summed E-state index contributed by atoms with van der Waals surface area (Å²) < 4.78 is 1.70. The maximum absolute atomic E-state index is 12.4. The van der Waals surface area contributed by atoms with E-state index in [9.17, 15) is 9.59 Å². The van der Waals surface area contributed by atoms with Crippen molar-refractivity contribution in [1.29, 1.82) is 0 Å². The fourth-order valence-corrected chi connectivity index (χ4v) is 2.73. The largest absolute Gasteiger partial charge is 0.478 e. The van der Waals surface area contributed by atoms with Crippen LogP contribution in [0.3, 0.4) is 0 Å². The number of hydrogen-bond donors (Lipinski definition) is 1. The van der Waals surface area contributed by atoms with Crippen LogP contribution in [0.5, 0.6) is 0 Å². The van der Waals surface area contributed by atoms with Gasteiger partial charge in [0.05, 0.1) is 10.6 Å². The van der Waals surface area contributed by atoms with E-state index in [-0.39, 0.29) is 5.56 Å². The van der Waals surface area contributed by atoms with Crippen molar-refractivity contribution in [3.63, 3.8) is 0 Å². The molecule has 2 aromatic rings. The van der Waals surface area contributed by atoms with Gasteiger partial charge < -0.3 is 9.67 Å². The molecule has 2 aromatic heterocycles. The second-order valence-corrected chi connectivity index (χ2v) is 5.23. The van der Waals surface area contributed by atoms with Crippen LogP contribution in [0.1, 0.15) is 18.9 Å². The van der Waals surface area contributed by atoms with Crippen LogP contribution in [0.25, 0.3) is 16.6 Å². The van der Waals surface area contributed by atoms with Gasteiger partial charge in [0.2, 0.25) is 0 Å². The molecule has 0 unspecified atom stereocenters. The lowest BCUT2D eigenvalue weighted by Crippen LogP contribution is -2.23. The summed E-state index contributed by atoms with van der Waals surface area (Å²) in [6.07, 6.45) is 3.16. The number of carboxylic acids is 1. The van der Waals surface area contributed by atoms with Crippen molar-refractivity contribution in [3.05, 3.63) is 51.6 Å². The van der Waals surface area contributed by atoms with Gasteiger partial charge in [-0.05, 0) is 36.1 Å². The Hall–Kier alpha value is -2.14. The summed E-state index contributed by atoms with van der Waals surface area (Å²) in [5.74, 6) is -1.06. The van der Waals surface area contributed by atoms with Crippen LogP contribution in [0, 0.1) is 0 Å². The van der Waals surface area contributed by atoms with Gasteiger partial charge in [-0.25, -0.2) is 4.79 Å². The van der Waals surface area contributed by atoms with Gasteiger partial charge in [0, 0.05) is 18.2 Å². The molecule has 0 atom stereocenters. The molecule has 0 aliphatic carbocycles. The van der Waals surface area contributed by atoms with Crippen molar-refractivity contribution in [2.45, 2.75) is 19.9 Å². The summed E-state index contributed by atoms with van der Waals surface area (Å²) in [6.45, 7) is 2.62. The third-order valence-corrected chi connectivity index (χ3v) is 3.72. The van der Waals surface area contributed by atoms with Crippen LogP contribution in [0.2, 0.25) is 0 Å². The quantitative estimate of drug-likeness (QED) is 0.860. The van der Waals surface area contributed by atoms with E-state index in [1.165, 1.54) is 6.08 Å². The van der Waals surface area contributed by atoms with E-state index >= 15 is 0 Å². The Bertz CT molecular complexity index is 684. The Morgan fingerprint density at radius 2 is 2.20 bits per heavy atom. The van der Waals surface area contributed by atoms with Crippen LogP contribution >= 0.6 is 11.3 Å². The molecule has 0 fully saturated rings. The summed E-state index contributed by atoms with van der Waals surface area (Å²) in [5.41, 5.74) is 1.11. The van der Waals surface area contributed by atoms with Crippen molar-refractivity contribution < 1.29 is 9.90 Å². The molecular weight excluding hydrogens is 274 g/mol. The Morgan fingerprint density at radius 3 is 2.80 bits per heavy atom. The maximum atomic E-state index is 12.4. The standard InChI is InChI=1S/C15H15NO3S/c1-2-9-16-12(13-4-3-10-20-13)7-5-11(15(16)19)6-8-14(17)18/h3-8,10H,2,9H2,1H3,(H,17,18)/b8-6+. The Kier molecular flexibility index (Phi) is 4.53. The number of pyridine rings is 1. The zero-order chi connectivity index (χ0) is 14.5.